The van der Waals surface area contributed by atoms with Gasteiger partial charge in [-0.3, -0.25) is 4.79 Å². The topological polar surface area (TPSA) is 74.7 Å². The lowest BCUT2D eigenvalue weighted by Crippen LogP contribution is -2.33. The molecule has 2 aromatic rings. The number of methoxy groups -OCH3 is 1. The van der Waals surface area contributed by atoms with Gasteiger partial charge in [0.1, 0.15) is 24.2 Å². The summed E-state index contributed by atoms with van der Waals surface area (Å²) in [6.45, 7) is 0.120. The number of hydrogen-bond donors (Lipinski definition) is 1. The summed E-state index contributed by atoms with van der Waals surface area (Å²) in [5.41, 5.74) is 5.67. The lowest BCUT2D eigenvalue weighted by molar-refractivity contribution is -0.142. The van der Waals surface area contributed by atoms with Gasteiger partial charge in [0.2, 0.25) is 0 Å². The van der Waals surface area contributed by atoms with Crippen molar-refractivity contribution in [1.29, 1.82) is 0 Å². The predicted octanol–water partition coefficient (Wildman–Crippen LogP) is 3.86. The van der Waals surface area contributed by atoms with Crippen molar-refractivity contribution in [2.45, 2.75) is 19.1 Å². The number of nitrogens with two attached hydrogens (primary N) is 1. The van der Waals surface area contributed by atoms with Crippen LogP contribution in [0.3, 0.4) is 0 Å². The van der Waals surface area contributed by atoms with Crippen LogP contribution in [0.1, 0.15) is 11.5 Å². The Kier molecular flexibility index (Phi) is 6.18. The monoisotopic (exact) mass is 377 g/mol. The minimum Gasteiger partial charge on any atom is -0.483 e. The molecule has 0 fully saturated rings. The average Bonchev–Trinajstić information content (AvgIpc) is 2.92. The van der Waals surface area contributed by atoms with Crippen LogP contribution in [-0.4, -0.2) is 19.1 Å². The Bertz CT molecular complexity index is 679. The highest BCUT2D eigenvalue weighted by atomic mass is 35.5. The zero-order valence-electron chi connectivity index (χ0n) is 12.1. The molecular formula is C15H14Cl3NO4. The normalized spacial score (nSPS) is 12.0. The first-order chi connectivity index (χ1) is 10.9. The Morgan fingerprint density at radius 2 is 1.83 bits per heavy atom. The van der Waals surface area contributed by atoms with Gasteiger partial charge in [-0.15, -0.1) is 0 Å². The molecule has 0 aliphatic rings. The summed E-state index contributed by atoms with van der Waals surface area (Å²) >= 11 is 17.9. The maximum Gasteiger partial charge on any atom is 0.323 e. The minimum atomic E-state index is -0.778. The van der Waals surface area contributed by atoms with Crippen LogP contribution in [0.25, 0.3) is 0 Å². The minimum absolute atomic E-state index is 0.120. The smallest absolute Gasteiger partial charge is 0.323 e. The van der Waals surface area contributed by atoms with Crippen molar-refractivity contribution >= 4 is 40.8 Å². The molecule has 0 amide bonds. The molecule has 0 aliphatic carbocycles. The van der Waals surface area contributed by atoms with E-state index in [1.807, 2.05) is 0 Å². The van der Waals surface area contributed by atoms with E-state index >= 15 is 0 Å². The SMILES string of the molecule is COC(=O)C(N)Cc1ccc(COc2c(Cl)cc(Cl)cc2Cl)o1. The van der Waals surface area contributed by atoms with Crippen molar-refractivity contribution in [2.24, 2.45) is 5.73 Å². The lowest BCUT2D eigenvalue weighted by atomic mass is 10.2. The molecule has 1 aromatic heterocycles. The first-order valence-corrected chi connectivity index (χ1v) is 7.72. The first kappa shape index (κ1) is 17.9. The zero-order chi connectivity index (χ0) is 17.0. The predicted molar refractivity (Wildman–Crippen MR) is 88.2 cm³/mol. The highest BCUT2D eigenvalue weighted by Crippen LogP contribution is 2.36. The van der Waals surface area contributed by atoms with Gasteiger partial charge in [-0.1, -0.05) is 34.8 Å². The fraction of sp³-hybridized carbons (Fsp3) is 0.267. The van der Waals surface area contributed by atoms with Crippen LogP contribution in [0.2, 0.25) is 15.1 Å². The zero-order valence-corrected chi connectivity index (χ0v) is 14.4. The van der Waals surface area contributed by atoms with Gasteiger partial charge < -0.3 is 19.6 Å². The van der Waals surface area contributed by atoms with Crippen LogP contribution in [0.15, 0.2) is 28.7 Å². The second-order valence-corrected chi connectivity index (χ2v) is 5.94. The highest BCUT2D eigenvalue weighted by molar-refractivity contribution is 6.40. The fourth-order valence-corrected chi connectivity index (χ4v) is 2.80. The maximum atomic E-state index is 11.3. The van der Waals surface area contributed by atoms with Crippen molar-refractivity contribution in [3.63, 3.8) is 0 Å². The van der Waals surface area contributed by atoms with Crippen molar-refractivity contribution in [2.75, 3.05) is 7.11 Å². The Morgan fingerprint density at radius 1 is 1.22 bits per heavy atom. The summed E-state index contributed by atoms with van der Waals surface area (Å²) in [5, 5.41) is 1.04. The molecule has 1 atom stereocenters. The van der Waals surface area contributed by atoms with Gasteiger partial charge in [-0.2, -0.15) is 0 Å². The number of halogens is 3. The molecule has 0 saturated carbocycles. The summed E-state index contributed by atoms with van der Waals surface area (Å²) in [5.74, 6) is 0.912. The quantitative estimate of drug-likeness (QED) is 0.773. The summed E-state index contributed by atoms with van der Waals surface area (Å²) in [4.78, 5) is 11.3. The van der Waals surface area contributed by atoms with Crippen LogP contribution in [0, 0.1) is 0 Å². The molecule has 0 spiro atoms. The van der Waals surface area contributed by atoms with Gasteiger partial charge in [-0.25, -0.2) is 0 Å². The van der Waals surface area contributed by atoms with Crippen LogP contribution < -0.4 is 10.5 Å². The molecule has 2 N–H and O–H groups in total. The Hall–Kier alpha value is -1.40. The third-order valence-electron chi connectivity index (χ3n) is 2.96. The van der Waals surface area contributed by atoms with Gasteiger partial charge in [0.15, 0.2) is 5.75 Å². The molecule has 0 saturated heterocycles. The first-order valence-electron chi connectivity index (χ1n) is 6.59. The standard InChI is InChI=1S/C15H14Cl3NO4/c1-21-15(20)13(19)6-9-2-3-10(23-9)7-22-14-11(17)4-8(16)5-12(14)18/h2-5,13H,6-7,19H2,1H3. The number of carbonyl (C=O) groups excluding carboxylic acids is 1. The molecule has 5 nitrogen and oxygen atoms in total. The summed E-state index contributed by atoms with van der Waals surface area (Å²) in [6.07, 6.45) is 0.231. The molecule has 0 aliphatic heterocycles. The van der Waals surface area contributed by atoms with Crippen molar-refractivity contribution < 1.29 is 18.7 Å². The van der Waals surface area contributed by atoms with Crippen LogP contribution in [0.5, 0.6) is 5.75 Å². The summed E-state index contributed by atoms with van der Waals surface area (Å²) < 4.78 is 15.7. The number of rotatable bonds is 6. The van der Waals surface area contributed by atoms with Crippen molar-refractivity contribution in [3.05, 3.63) is 50.9 Å². The molecule has 1 unspecified atom stereocenters. The van der Waals surface area contributed by atoms with E-state index in [0.29, 0.717) is 32.3 Å². The molecule has 8 heteroatoms. The molecule has 0 radical (unpaired) electrons. The van der Waals surface area contributed by atoms with E-state index in [9.17, 15) is 4.79 Å². The van der Waals surface area contributed by atoms with E-state index in [1.165, 1.54) is 19.2 Å². The van der Waals surface area contributed by atoms with Crippen molar-refractivity contribution in [1.82, 2.24) is 0 Å². The highest BCUT2D eigenvalue weighted by Gasteiger charge is 2.17. The van der Waals surface area contributed by atoms with Crippen LogP contribution in [-0.2, 0) is 22.6 Å². The second-order valence-electron chi connectivity index (χ2n) is 4.69. The Morgan fingerprint density at radius 3 is 2.43 bits per heavy atom. The van der Waals surface area contributed by atoms with E-state index in [-0.39, 0.29) is 13.0 Å². The largest absolute Gasteiger partial charge is 0.483 e. The average molecular weight is 379 g/mol. The maximum absolute atomic E-state index is 11.3. The van der Waals surface area contributed by atoms with Crippen LogP contribution in [0.4, 0.5) is 0 Å². The number of ether oxygens (including phenoxy) is 2. The third kappa shape index (κ3) is 4.78. The number of hydrogen-bond acceptors (Lipinski definition) is 5. The van der Waals surface area contributed by atoms with E-state index < -0.39 is 12.0 Å². The third-order valence-corrected chi connectivity index (χ3v) is 3.74. The lowest BCUT2D eigenvalue weighted by Gasteiger charge is -2.09. The number of furan rings is 1. The van der Waals surface area contributed by atoms with Gasteiger partial charge >= 0.3 is 5.97 Å². The molecule has 1 aromatic carbocycles. The second kappa shape index (κ2) is 7.93. The summed E-state index contributed by atoms with van der Waals surface area (Å²) in [7, 11) is 1.28. The number of benzene rings is 1. The molecule has 0 bridgehead atoms. The van der Waals surface area contributed by atoms with Gasteiger partial charge in [0.25, 0.3) is 0 Å². The Labute approximate surface area is 148 Å². The van der Waals surface area contributed by atoms with Crippen molar-refractivity contribution in [3.8, 4) is 5.75 Å². The number of carbonyl (C=O) groups is 1. The molecular weight excluding hydrogens is 365 g/mol. The van der Waals surface area contributed by atoms with Gasteiger partial charge in [0.05, 0.1) is 17.2 Å². The summed E-state index contributed by atoms with van der Waals surface area (Å²) in [6, 6.07) is 5.73. The van der Waals surface area contributed by atoms with E-state index in [1.54, 1.807) is 12.1 Å². The molecule has 1 heterocycles. The van der Waals surface area contributed by atoms with Gasteiger partial charge in [-0.05, 0) is 24.3 Å². The fourth-order valence-electron chi connectivity index (χ4n) is 1.87. The van der Waals surface area contributed by atoms with E-state index in [0.717, 1.165) is 0 Å². The Balaban J connectivity index is 1.99. The van der Waals surface area contributed by atoms with Gasteiger partial charge in [0, 0.05) is 11.4 Å². The van der Waals surface area contributed by atoms with Crippen LogP contribution >= 0.6 is 34.8 Å². The molecule has 2 rings (SSSR count). The van der Waals surface area contributed by atoms with E-state index in [4.69, 9.17) is 49.7 Å². The number of esters is 1. The molecule has 23 heavy (non-hydrogen) atoms. The molecule has 124 valence electrons. The van der Waals surface area contributed by atoms with E-state index in [2.05, 4.69) is 4.74 Å².